The molecule has 1 aromatic heterocycles. The lowest BCUT2D eigenvalue weighted by molar-refractivity contribution is -0.131. The van der Waals surface area contributed by atoms with Crippen molar-refractivity contribution in [2.75, 3.05) is 44.2 Å². The Balaban J connectivity index is 1.15. The molecule has 1 amide bonds. The number of carbonyl (C=O) groups excluding carboxylic acids is 1. The van der Waals surface area contributed by atoms with Gasteiger partial charge < -0.3 is 14.4 Å². The minimum atomic E-state index is 0.333. The predicted molar refractivity (Wildman–Crippen MR) is 113 cm³/mol. The van der Waals surface area contributed by atoms with Crippen LogP contribution in [-0.4, -0.2) is 69.7 Å². The zero-order valence-electron chi connectivity index (χ0n) is 17.4. The molecule has 0 N–H and O–H groups in total. The Bertz CT molecular complexity index is 776. The fraction of sp³-hybridized carbons (Fsp3) is 0.591. The molecule has 7 nitrogen and oxygen atoms in total. The summed E-state index contributed by atoms with van der Waals surface area (Å²) < 4.78 is 1.99. The summed E-state index contributed by atoms with van der Waals surface area (Å²) in [6.07, 6.45) is 5.82. The fourth-order valence-corrected chi connectivity index (χ4v) is 4.42. The number of anilines is 1. The summed E-state index contributed by atoms with van der Waals surface area (Å²) >= 11 is 0. The minimum Gasteiger partial charge on any atom is -0.368 e. The molecule has 0 radical (unpaired) electrons. The molecule has 2 fully saturated rings. The number of piperazine rings is 1. The smallest absolute Gasteiger partial charge is 0.222 e. The van der Waals surface area contributed by atoms with Crippen molar-refractivity contribution in [3.05, 3.63) is 42.5 Å². The van der Waals surface area contributed by atoms with E-state index in [0.29, 0.717) is 18.2 Å². The van der Waals surface area contributed by atoms with E-state index in [2.05, 4.69) is 49.2 Å². The van der Waals surface area contributed by atoms with E-state index in [-0.39, 0.29) is 0 Å². The zero-order chi connectivity index (χ0) is 20.1. The van der Waals surface area contributed by atoms with Crippen molar-refractivity contribution in [3.8, 4) is 0 Å². The monoisotopic (exact) mass is 396 g/mol. The Morgan fingerprint density at radius 2 is 1.76 bits per heavy atom. The van der Waals surface area contributed by atoms with Gasteiger partial charge in [-0.05, 0) is 50.4 Å². The highest BCUT2D eigenvalue weighted by atomic mass is 16.2. The Morgan fingerprint density at radius 1 is 1.03 bits per heavy atom. The number of hydrogen-bond donors (Lipinski definition) is 0. The number of benzene rings is 1. The highest BCUT2D eigenvalue weighted by molar-refractivity contribution is 5.76. The Hall–Kier alpha value is -2.41. The number of likely N-dealkylation sites (tertiary alicyclic amines) is 1. The maximum absolute atomic E-state index is 12.7. The number of hydrogen-bond acceptors (Lipinski definition) is 5. The molecule has 2 aliphatic rings. The molecule has 0 unspecified atom stereocenters. The summed E-state index contributed by atoms with van der Waals surface area (Å²) in [6.45, 7) is 6.57. The van der Waals surface area contributed by atoms with E-state index in [9.17, 15) is 4.79 Å². The van der Waals surface area contributed by atoms with E-state index in [0.717, 1.165) is 58.1 Å². The molecule has 0 saturated carbocycles. The number of aryl methyl sites for hydroxylation is 1. The van der Waals surface area contributed by atoms with Gasteiger partial charge in [-0.15, -0.1) is 10.2 Å². The fourth-order valence-electron chi connectivity index (χ4n) is 4.42. The van der Waals surface area contributed by atoms with Crippen LogP contribution in [0.2, 0.25) is 0 Å². The average Bonchev–Trinajstić information content (AvgIpc) is 3.18. The lowest BCUT2D eigenvalue weighted by atomic mass is 9.92. The number of rotatable bonds is 6. The zero-order valence-corrected chi connectivity index (χ0v) is 17.4. The molecule has 7 heteroatoms. The van der Waals surface area contributed by atoms with Crippen molar-refractivity contribution in [2.45, 2.75) is 32.2 Å². The topological polar surface area (TPSA) is 57.5 Å². The maximum atomic E-state index is 12.7. The molecule has 1 aromatic carbocycles. The van der Waals surface area contributed by atoms with Crippen molar-refractivity contribution >= 4 is 11.6 Å². The number of nitrogens with zero attached hydrogens (tertiary/aromatic N) is 6. The SMILES string of the molecule is Cn1cnnc1CN1CCC(CCC(=O)N2CCN(c3ccccc3)CC2)CC1. The number of aromatic nitrogens is 3. The lowest BCUT2D eigenvalue weighted by Gasteiger charge is -2.36. The Labute approximate surface area is 173 Å². The van der Waals surface area contributed by atoms with Gasteiger partial charge in [0, 0.05) is 45.3 Å². The van der Waals surface area contributed by atoms with Crippen LogP contribution in [0.5, 0.6) is 0 Å². The van der Waals surface area contributed by atoms with Crippen molar-refractivity contribution in [1.82, 2.24) is 24.6 Å². The average molecular weight is 397 g/mol. The second-order valence-electron chi connectivity index (χ2n) is 8.32. The molecule has 2 saturated heterocycles. The molecule has 0 aliphatic carbocycles. The molecule has 3 heterocycles. The van der Waals surface area contributed by atoms with Gasteiger partial charge in [-0.3, -0.25) is 9.69 Å². The van der Waals surface area contributed by atoms with Crippen molar-refractivity contribution < 1.29 is 4.79 Å². The van der Waals surface area contributed by atoms with Crippen LogP contribution in [0, 0.1) is 5.92 Å². The van der Waals surface area contributed by atoms with Gasteiger partial charge in [0.05, 0.1) is 6.54 Å². The number of para-hydroxylation sites is 1. The summed E-state index contributed by atoms with van der Waals surface area (Å²) in [4.78, 5) is 19.6. The molecule has 0 spiro atoms. The highest BCUT2D eigenvalue weighted by Gasteiger charge is 2.24. The summed E-state index contributed by atoms with van der Waals surface area (Å²) in [5, 5.41) is 8.14. The first-order chi connectivity index (χ1) is 14.2. The molecule has 156 valence electrons. The maximum Gasteiger partial charge on any atom is 0.222 e. The molecule has 2 aromatic rings. The Kier molecular flexibility index (Phi) is 6.44. The summed E-state index contributed by atoms with van der Waals surface area (Å²) in [6, 6.07) is 10.5. The van der Waals surface area contributed by atoms with Gasteiger partial charge in [0.25, 0.3) is 0 Å². The highest BCUT2D eigenvalue weighted by Crippen LogP contribution is 2.23. The molecule has 2 aliphatic heterocycles. The number of amides is 1. The van der Waals surface area contributed by atoms with E-state index in [1.165, 1.54) is 18.5 Å². The van der Waals surface area contributed by atoms with Crippen LogP contribution in [0.25, 0.3) is 0 Å². The quantitative estimate of drug-likeness (QED) is 0.749. The van der Waals surface area contributed by atoms with Gasteiger partial charge in [-0.25, -0.2) is 0 Å². The molecular formula is C22H32N6O. The van der Waals surface area contributed by atoms with Gasteiger partial charge in [0.15, 0.2) is 0 Å². The number of carbonyl (C=O) groups is 1. The van der Waals surface area contributed by atoms with Gasteiger partial charge in [-0.2, -0.15) is 0 Å². The minimum absolute atomic E-state index is 0.333. The van der Waals surface area contributed by atoms with Crippen molar-refractivity contribution in [1.29, 1.82) is 0 Å². The normalized spacial score (nSPS) is 18.9. The largest absolute Gasteiger partial charge is 0.368 e. The molecule has 4 rings (SSSR count). The van der Waals surface area contributed by atoms with Crippen molar-refractivity contribution in [2.24, 2.45) is 13.0 Å². The third kappa shape index (κ3) is 5.15. The summed E-state index contributed by atoms with van der Waals surface area (Å²) in [5.74, 6) is 2.02. The first-order valence-corrected chi connectivity index (χ1v) is 10.8. The van der Waals surface area contributed by atoms with Crippen molar-refractivity contribution in [3.63, 3.8) is 0 Å². The van der Waals surface area contributed by atoms with Crippen LogP contribution >= 0.6 is 0 Å². The van der Waals surface area contributed by atoms with Gasteiger partial charge in [0.2, 0.25) is 5.91 Å². The van der Waals surface area contributed by atoms with Gasteiger partial charge in [0.1, 0.15) is 12.2 Å². The second kappa shape index (κ2) is 9.39. The third-order valence-electron chi connectivity index (χ3n) is 6.40. The van der Waals surface area contributed by atoms with E-state index in [1.54, 1.807) is 6.33 Å². The van der Waals surface area contributed by atoms with Gasteiger partial charge >= 0.3 is 0 Å². The van der Waals surface area contributed by atoms with E-state index >= 15 is 0 Å². The van der Waals surface area contributed by atoms with E-state index in [4.69, 9.17) is 0 Å². The standard InChI is InChI=1S/C22H32N6O/c1-25-18-23-24-21(25)17-26-11-9-19(10-12-26)7-8-22(29)28-15-13-27(14-16-28)20-5-3-2-4-6-20/h2-6,18-19H,7-17H2,1H3. The van der Waals surface area contributed by atoms with Crippen LogP contribution in [0.4, 0.5) is 5.69 Å². The Morgan fingerprint density at radius 3 is 2.41 bits per heavy atom. The van der Waals surface area contributed by atoms with Crippen LogP contribution in [-0.2, 0) is 18.4 Å². The van der Waals surface area contributed by atoms with E-state index < -0.39 is 0 Å². The van der Waals surface area contributed by atoms with Crippen LogP contribution in [0.1, 0.15) is 31.5 Å². The summed E-state index contributed by atoms with van der Waals surface area (Å²) in [5.41, 5.74) is 1.26. The first-order valence-electron chi connectivity index (χ1n) is 10.8. The first kappa shape index (κ1) is 19.9. The molecule has 29 heavy (non-hydrogen) atoms. The molecule has 0 bridgehead atoms. The molecular weight excluding hydrogens is 364 g/mol. The molecule has 0 atom stereocenters. The van der Waals surface area contributed by atoms with Crippen LogP contribution in [0.15, 0.2) is 36.7 Å². The number of piperidine rings is 1. The second-order valence-corrected chi connectivity index (χ2v) is 8.32. The van der Waals surface area contributed by atoms with Crippen LogP contribution < -0.4 is 4.90 Å². The third-order valence-corrected chi connectivity index (χ3v) is 6.40. The van der Waals surface area contributed by atoms with Gasteiger partial charge in [-0.1, -0.05) is 18.2 Å². The predicted octanol–water partition coefficient (Wildman–Crippen LogP) is 2.16. The van der Waals surface area contributed by atoms with Crippen LogP contribution in [0.3, 0.4) is 0 Å². The lowest BCUT2D eigenvalue weighted by Crippen LogP contribution is -2.48. The van der Waals surface area contributed by atoms with E-state index in [1.807, 2.05) is 17.7 Å². The summed E-state index contributed by atoms with van der Waals surface area (Å²) in [7, 11) is 1.99.